The smallest absolute Gasteiger partial charge is 0.462 e. The molecule has 0 aliphatic carbocycles. The van der Waals surface area contributed by atoms with Crippen LogP contribution in [0.25, 0.3) is 0 Å². The Kier molecular flexibility index (Phi) is 75.0. The van der Waals surface area contributed by atoms with E-state index >= 15 is 0 Å². The van der Waals surface area contributed by atoms with Gasteiger partial charge in [-0.05, 0) is 37.5 Å². The van der Waals surface area contributed by atoms with E-state index in [2.05, 4.69) is 41.5 Å². The van der Waals surface area contributed by atoms with Gasteiger partial charge < -0.3 is 33.8 Å². The van der Waals surface area contributed by atoms with Gasteiger partial charge in [0, 0.05) is 25.7 Å². The molecule has 0 aromatic carbocycles. The number of phosphoric acid groups is 2. The molecule has 618 valence electrons. The van der Waals surface area contributed by atoms with Crippen molar-refractivity contribution in [1.82, 2.24) is 0 Å². The molecule has 0 spiro atoms. The Morgan fingerprint density at radius 2 is 0.490 bits per heavy atom. The highest BCUT2D eigenvalue weighted by molar-refractivity contribution is 7.47. The number of hydrogen-bond donors (Lipinski definition) is 3. The number of rotatable bonds is 84. The van der Waals surface area contributed by atoms with Crippen LogP contribution in [-0.4, -0.2) is 96.7 Å². The fourth-order valence-corrected chi connectivity index (χ4v) is 14.8. The predicted octanol–water partition coefficient (Wildman–Crippen LogP) is 25.8. The van der Waals surface area contributed by atoms with Crippen molar-refractivity contribution in [3.05, 3.63) is 0 Å². The average Bonchev–Trinajstić information content (AvgIpc) is 0.922. The van der Waals surface area contributed by atoms with Crippen molar-refractivity contribution in [1.29, 1.82) is 0 Å². The Morgan fingerprint density at radius 3 is 0.731 bits per heavy atom. The van der Waals surface area contributed by atoms with Gasteiger partial charge in [0.1, 0.15) is 19.3 Å². The second kappa shape index (κ2) is 76.4. The van der Waals surface area contributed by atoms with Crippen molar-refractivity contribution >= 4 is 39.5 Å². The minimum Gasteiger partial charge on any atom is -0.462 e. The van der Waals surface area contributed by atoms with Crippen LogP contribution in [0, 0.1) is 11.8 Å². The third-order valence-electron chi connectivity index (χ3n) is 20.3. The second-order valence-corrected chi connectivity index (χ2v) is 34.2. The van der Waals surface area contributed by atoms with Gasteiger partial charge in [-0.1, -0.05) is 401 Å². The summed E-state index contributed by atoms with van der Waals surface area (Å²) in [5, 5.41) is 10.7. The molecule has 104 heavy (non-hydrogen) atoms. The SMILES string of the molecule is CCCCCCCCCCCCCCCCCCCCCCCC(=O)O[C@H](COC(=O)CCCCCCCCCCCCCCCCCCCC)COP(=O)(O)OC[C@@H](O)COP(=O)(O)OC[C@@H](COC(=O)CCCCCCCCC(C)CC)OC(=O)CCCCCCCCCCCCCCC(C)C. The summed E-state index contributed by atoms with van der Waals surface area (Å²) in [5.41, 5.74) is 0. The van der Waals surface area contributed by atoms with Crippen molar-refractivity contribution in [2.45, 2.75) is 471 Å². The first kappa shape index (κ1) is 102. The number of carbonyl (C=O) groups excluding carboxylic acids is 4. The van der Waals surface area contributed by atoms with Crippen LogP contribution in [0.15, 0.2) is 0 Å². The van der Waals surface area contributed by atoms with Gasteiger partial charge in [-0.15, -0.1) is 0 Å². The third-order valence-corrected chi connectivity index (χ3v) is 22.2. The van der Waals surface area contributed by atoms with E-state index in [9.17, 15) is 43.2 Å². The van der Waals surface area contributed by atoms with E-state index in [0.29, 0.717) is 25.7 Å². The van der Waals surface area contributed by atoms with Crippen LogP contribution in [0.4, 0.5) is 0 Å². The minimum absolute atomic E-state index is 0.106. The van der Waals surface area contributed by atoms with E-state index < -0.39 is 97.5 Å². The summed E-state index contributed by atoms with van der Waals surface area (Å²) in [6.45, 7) is 9.63. The van der Waals surface area contributed by atoms with Crippen molar-refractivity contribution in [3.63, 3.8) is 0 Å². The summed E-state index contributed by atoms with van der Waals surface area (Å²) in [4.78, 5) is 73.2. The van der Waals surface area contributed by atoms with Crippen LogP contribution in [0.2, 0.25) is 0 Å². The topological polar surface area (TPSA) is 237 Å². The molecule has 6 atom stereocenters. The lowest BCUT2D eigenvalue weighted by molar-refractivity contribution is -0.161. The normalized spacial score (nSPS) is 14.1. The number of aliphatic hydroxyl groups excluding tert-OH is 1. The molecule has 0 rings (SSSR count). The zero-order valence-corrected chi connectivity index (χ0v) is 70.1. The van der Waals surface area contributed by atoms with Crippen LogP contribution in [0.3, 0.4) is 0 Å². The fourth-order valence-electron chi connectivity index (χ4n) is 13.2. The van der Waals surface area contributed by atoms with E-state index in [-0.39, 0.29) is 25.7 Å². The Morgan fingerprint density at radius 1 is 0.279 bits per heavy atom. The molecule has 0 radical (unpaired) electrons. The number of hydrogen-bond acceptors (Lipinski definition) is 15. The molecule has 0 saturated heterocycles. The molecule has 0 fully saturated rings. The summed E-state index contributed by atoms with van der Waals surface area (Å²) in [5.74, 6) is -0.598. The molecule has 17 nitrogen and oxygen atoms in total. The molecule has 0 heterocycles. The van der Waals surface area contributed by atoms with Crippen LogP contribution in [-0.2, 0) is 65.4 Å². The zero-order valence-electron chi connectivity index (χ0n) is 68.3. The molecular formula is C85H166O17P2. The average molecular weight is 1520 g/mol. The van der Waals surface area contributed by atoms with Crippen LogP contribution < -0.4 is 0 Å². The highest BCUT2D eigenvalue weighted by Gasteiger charge is 2.30. The Hall–Kier alpha value is -1.94. The summed E-state index contributed by atoms with van der Waals surface area (Å²) >= 11 is 0. The lowest BCUT2D eigenvalue weighted by atomic mass is 10.00. The Balaban J connectivity index is 5.23. The maximum Gasteiger partial charge on any atom is 0.472 e. The summed E-state index contributed by atoms with van der Waals surface area (Å²) in [6.07, 6.45) is 68.2. The van der Waals surface area contributed by atoms with Crippen molar-refractivity contribution in [2.24, 2.45) is 11.8 Å². The van der Waals surface area contributed by atoms with Gasteiger partial charge >= 0.3 is 39.5 Å². The van der Waals surface area contributed by atoms with E-state index in [4.69, 9.17) is 37.0 Å². The molecular weight excluding hydrogens is 1350 g/mol. The fraction of sp³-hybridized carbons (Fsp3) is 0.953. The largest absolute Gasteiger partial charge is 0.472 e. The predicted molar refractivity (Wildman–Crippen MR) is 428 cm³/mol. The molecule has 0 aromatic rings. The lowest BCUT2D eigenvalue weighted by Gasteiger charge is -2.21. The first-order valence-corrected chi connectivity index (χ1v) is 47.0. The van der Waals surface area contributed by atoms with Gasteiger partial charge in [-0.3, -0.25) is 37.3 Å². The monoisotopic (exact) mass is 1520 g/mol. The summed E-state index contributed by atoms with van der Waals surface area (Å²) in [7, 11) is -9.93. The quantitative estimate of drug-likeness (QED) is 0.0222. The molecule has 0 aliphatic rings. The highest BCUT2D eigenvalue weighted by Crippen LogP contribution is 2.45. The summed E-state index contributed by atoms with van der Waals surface area (Å²) < 4.78 is 68.8. The van der Waals surface area contributed by atoms with Gasteiger partial charge in [-0.2, -0.15) is 0 Å². The molecule has 0 aliphatic heterocycles. The number of esters is 4. The Labute approximate surface area is 638 Å². The van der Waals surface area contributed by atoms with Crippen molar-refractivity contribution < 1.29 is 80.2 Å². The van der Waals surface area contributed by atoms with Gasteiger partial charge in [0.05, 0.1) is 26.4 Å². The number of ether oxygens (including phenoxy) is 4. The summed E-state index contributed by atoms with van der Waals surface area (Å²) in [6, 6.07) is 0. The van der Waals surface area contributed by atoms with E-state index in [1.807, 2.05) is 0 Å². The molecule has 3 unspecified atom stereocenters. The number of carbonyl (C=O) groups is 4. The molecule has 3 N–H and O–H groups in total. The number of phosphoric ester groups is 2. The van der Waals surface area contributed by atoms with Crippen LogP contribution in [0.1, 0.15) is 452 Å². The van der Waals surface area contributed by atoms with Gasteiger partial charge in [0.2, 0.25) is 0 Å². The lowest BCUT2D eigenvalue weighted by Crippen LogP contribution is -2.30. The maximum absolute atomic E-state index is 13.1. The standard InChI is InChI=1S/C85H166O17P2/c1-7-10-12-14-16-18-20-22-24-26-28-29-30-32-34-36-41-45-49-57-63-69-84(89)101-80(73-95-82(87)67-61-55-48-44-40-35-33-31-27-25-23-21-19-17-15-13-11-8-2)75-99-103(91,92)97-71-79(86)72-98-104(93,94)100-76-81(74-96-83(88)68-62-56-52-51-54-60-66-78(6)9-3)102-85(90)70-64-58-50-46-42-38-37-39-43-47-53-59-65-77(4)5/h77-81,86H,7-76H2,1-6H3,(H,91,92)(H,93,94)/t78?,79-,80-,81-/m1/s1. The number of unbranched alkanes of at least 4 members (excludes halogenated alkanes) is 53. The van der Waals surface area contributed by atoms with E-state index in [1.165, 1.54) is 263 Å². The molecule has 0 saturated carbocycles. The third kappa shape index (κ3) is 76.8. The van der Waals surface area contributed by atoms with E-state index in [1.54, 1.807) is 0 Å². The first-order valence-electron chi connectivity index (χ1n) is 44.0. The molecule has 0 amide bonds. The molecule has 0 aromatic heterocycles. The van der Waals surface area contributed by atoms with Gasteiger partial charge in [0.25, 0.3) is 0 Å². The van der Waals surface area contributed by atoms with Crippen LogP contribution in [0.5, 0.6) is 0 Å². The van der Waals surface area contributed by atoms with Gasteiger partial charge in [-0.25, -0.2) is 9.13 Å². The highest BCUT2D eigenvalue weighted by atomic mass is 31.2. The first-order chi connectivity index (χ1) is 50.4. The zero-order chi connectivity index (χ0) is 76.4. The molecule has 0 bridgehead atoms. The van der Waals surface area contributed by atoms with Crippen molar-refractivity contribution in [2.75, 3.05) is 39.6 Å². The Bertz CT molecular complexity index is 2000. The van der Waals surface area contributed by atoms with Crippen molar-refractivity contribution in [3.8, 4) is 0 Å². The second-order valence-electron chi connectivity index (χ2n) is 31.3. The van der Waals surface area contributed by atoms with Crippen LogP contribution >= 0.6 is 15.6 Å². The van der Waals surface area contributed by atoms with E-state index in [0.717, 1.165) is 108 Å². The maximum atomic E-state index is 13.1. The minimum atomic E-state index is -4.97. The number of aliphatic hydroxyl groups is 1. The molecule has 19 heteroatoms. The van der Waals surface area contributed by atoms with Gasteiger partial charge in [0.15, 0.2) is 12.2 Å².